The van der Waals surface area contributed by atoms with E-state index < -0.39 is 0 Å². The van der Waals surface area contributed by atoms with Gasteiger partial charge >= 0.3 is 0 Å². The zero-order valence-electron chi connectivity index (χ0n) is 10.6. The van der Waals surface area contributed by atoms with E-state index in [0.29, 0.717) is 0 Å². The number of nitrogens with one attached hydrogen (secondary N) is 1. The van der Waals surface area contributed by atoms with Crippen molar-refractivity contribution in [2.45, 2.75) is 61.8 Å². The molecule has 2 rings (SSSR count). The van der Waals surface area contributed by atoms with E-state index in [2.05, 4.69) is 11.6 Å². The molecule has 0 bridgehead atoms. The van der Waals surface area contributed by atoms with Crippen LogP contribution in [0.5, 0.6) is 0 Å². The summed E-state index contributed by atoms with van der Waals surface area (Å²) in [6, 6.07) is 0.719. The topological polar surface area (TPSA) is 21.3 Å². The molecule has 0 aromatic carbocycles. The first-order valence-corrected chi connectivity index (χ1v) is 7.90. The van der Waals surface area contributed by atoms with Gasteiger partial charge in [-0.2, -0.15) is 11.8 Å². The number of thioether (sulfide) groups is 1. The Balaban J connectivity index is 1.79. The van der Waals surface area contributed by atoms with E-state index in [4.69, 9.17) is 4.74 Å². The highest BCUT2D eigenvalue weighted by molar-refractivity contribution is 7.99. The second kappa shape index (κ2) is 5.74. The highest BCUT2D eigenvalue weighted by Crippen LogP contribution is 2.35. The van der Waals surface area contributed by atoms with Crippen molar-refractivity contribution >= 4 is 11.8 Å². The largest absolute Gasteiger partial charge is 0.377 e. The van der Waals surface area contributed by atoms with Gasteiger partial charge in [0.2, 0.25) is 0 Å². The lowest BCUT2D eigenvalue weighted by Gasteiger charge is -2.43. The number of methoxy groups -OCH3 is 1. The summed E-state index contributed by atoms with van der Waals surface area (Å²) in [5, 5.41) is 4.59. The smallest absolute Gasteiger partial charge is 0.0802 e. The standard InChI is InChI=1S/C13H25NOS/c1-15-13(8-5-9-13)10-14-11-6-3-4-7-12(11)16-2/h11-12,14H,3-10H2,1-2H3. The normalized spacial score (nSPS) is 33.4. The quantitative estimate of drug-likeness (QED) is 0.802. The number of hydrogen-bond acceptors (Lipinski definition) is 3. The molecule has 3 heteroatoms. The first kappa shape index (κ1) is 12.7. The monoisotopic (exact) mass is 243 g/mol. The number of ether oxygens (including phenoxy) is 1. The number of rotatable bonds is 5. The van der Waals surface area contributed by atoms with Crippen LogP contribution in [0.1, 0.15) is 44.9 Å². The maximum atomic E-state index is 5.66. The molecule has 16 heavy (non-hydrogen) atoms. The van der Waals surface area contributed by atoms with Gasteiger partial charge in [0, 0.05) is 24.9 Å². The van der Waals surface area contributed by atoms with Crippen LogP contribution in [0.3, 0.4) is 0 Å². The van der Waals surface area contributed by atoms with Gasteiger partial charge in [-0.15, -0.1) is 0 Å². The Labute approximate surface area is 104 Å². The molecule has 0 aromatic rings. The summed E-state index contributed by atoms with van der Waals surface area (Å²) in [4.78, 5) is 0. The van der Waals surface area contributed by atoms with E-state index in [0.717, 1.165) is 17.8 Å². The van der Waals surface area contributed by atoms with Crippen molar-refractivity contribution in [1.82, 2.24) is 5.32 Å². The summed E-state index contributed by atoms with van der Waals surface area (Å²) >= 11 is 2.03. The van der Waals surface area contributed by atoms with Crippen LogP contribution in [0.25, 0.3) is 0 Å². The van der Waals surface area contributed by atoms with E-state index in [1.807, 2.05) is 18.9 Å². The number of hydrogen-bond donors (Lipinski definition) is 1. The summed E-state index contributed by atoms with van der Waals surface area (Å²) in [5.74, 6) is 0. The van der Waals surface area contributed by atoms with E-state index in [1.54, 1.807) is 0 Å². The van der Waals surface area contributed by atoms with Crippen LogP contribution in [-0.4, -0.2) is 36.8 Å². The molecule has 2 aliphatic carbocycles. The van der Waals surface area contributed by atoms with Crippen molar-refractivity contribution in [3.63, 3.8) is 0 Å². The highest BCUT2D eigenvalue weighted by atomic mass is 32.2. The lowest BCUT2D eigenvalue weighted by Crippen LogP contribution is -2.52. The van der Waals surface area contributed by atoms with Crippen molar-refractivity contribution < 1.29 is 4.74 Å². The van der Waals surface area contributed by atoms with Gasteiger partial charge in [0.1, 0.15) is 0 Å². The maximum absolute atomic E-state index is 5.66. The van der Waals surface area contributed by atoms with Gasteiger partial charge in [-0.1, -0.05) is 12.8 Å². The first-order valence-electron chi connectivity index (χ1n) is 6.61. The predicted octanol–water partition coefficient (Wildman–Crippen LogP) is 2.82. The Hall–Kier alpha value is 0.270. The minimum atomic E-state index is 0.181. The van der Waals surface area contributed by atoms with Crippen LogP contribution in [0.4, 0.5) is 0 Å². The molecule has 0 aliphatic heterocycles. The van der Waals surface area contributed by atoms with Crippen LogP contribution < -0.4 is 5.32 Å². The van der Waals surface area contributed by atoms with Crippen LogP contribution in [0.15, 0.2) is 0 Å². The summed E-state index contributed by atoms with van der Waals surface area (Å²) < 4.78 is 5.66. The molecule has 0 amide bonds. The van der Waals surface area contributed by atoms with E-state index in [1.165, 1.54) is 44.9 Å². The zero-order chi connectivity index (χ0) is 11.4. The second-order valence-electron chi connectivity index (χ2n) is 5.29. The third-order valence-corrected chi connectivity index (χ3v) is 5.56. The molecule has 2 saturated carbocycles. The maximum Gasteiger partial charge on any atom is 0.0802 e. The Kier molecular flexibility index (Phi) is 4.57. The molecule has 2 unspecified atom stereocenters. The average molecular weight is 243 g/mol. The Morgan fingerprint density at radius 3 is 2.56 bits per heavy atom. The fraction of sp³-hybridized carbons (Fsp3) is 1.00. The average Bonchev–Trinajstić information content (AvgIpc) is 2.29. The van der Waals surface area contributed by atoms with Gasteiger partial charge in [-0.25, -0.2) is 0 Å². The van der Waals surface area contributed by atoms with Crippen LogP contribution in [0, 0.1) is 0 Å². The molecule has 2 nitrogen and oxygen atoms in total. The Morgan fingerprint density at radius 2 is 2.00 bits per heavy atom. The highest BCUT2D eigenvalue weighted by Gasteiger charge is 2.37. The van der Waals surface area contributed by atoms with Crippen molar-refractivity contribution in [2.75, 3.05) is 19.9 Å². The van der Waals surface area contributed by atoms with Gasteiger partial charge < -0.3 is 10.1 Å². The zero-order valence-corrected chi connectivity index (χ0v) is 11.4. The second-order valence-corrected chi connectivity index (χ2v) is 6.36. The first-order chi connectivity index (χ1) is 7.79. The Bertz CT molecular complexity index is 212. The molecule has 0 aromatic heterocycles. The summed E-state index contributed by atoms with van der Waals surface area (Å²) in [6.07, 6.45) is 11.6. The molecule has 0 radical (unpaired) electrons. The Morgan fingerprint density at radius 1 is 1.25 bits per heavy atom. The minimum Gasteiger partial charge on any atom is -0.377 e. The van der Waals surface area contributed by atoms with Gasteiger partial charge in [-0.05, 0) is 38.4 Å². The van der Waals surface area contributed by atoms with Gasteiger partial charge in [0.15, 0.2) is 0 Å². The molecule has 0 heterocycles. The summed E-state index contributed by atoms with van der Waals surface area (Å²) in [6.45, 7) is 1.06. The summed E-state index contributed by atoms with van der Waals surface area (Å²) in [5.41, 5.74) is 0.181. The van der Waals surface area contributed by atoms with Crippen LogP contribution >= 0.6 is 11.8 Å². The third-order valence-electron chi connectivity index (χ3n) is 4.39. The molecule has 2 atom stereocenters. The fourth-order valence-electron chi connectivity index (χ4n) is 2.95. The molecular weight excluding hydrogens is 218 g/mol. The lowest BCUT2D eigenvalue weighted by atomic mass is 9.79. The van der Waals surface area contributed by atoms with Crippen LogP contribution in [0.2, 0.25) is 0 Å². The van der Waals surface area contributed by atoms with Gasteiger partial charge in [0.05, 0.1) is 5.60 Å². The van der Waals surface area contributed by atoms with Crippen molar-refractivity contribution in [3.8, 4) is 0 Å². The predicted molar refractivity (Wildman–Crippen MR) is 71.2 cm³/mol. The molecule has 94 valence electrons. The molecule has 0 saturated heterocycles. The van der Waals surface area contributed by atoms with Crippen molar-refractivity contribution in [2.24, 2.45) is 0 Å². The SMILES string of the molecule is COC1(CNC2CCCCC2SC)CCC1. The molecule has 2 aliphatic rings. The van der Waals surface area contributed by atoms with Crippen LogP contribution in [-0.2, 0) is 4.74 Å². The minimum absolute atomic E-state index is 0.181. The third kappa shape index (κ3) is 2.74. The molecule has 0 spiro atoms. The van der Waals surface area contributed by atoms with Crippen molar-refractivity contribution in [3.05, 3.63) is 0 Å². The van der Waals surface area contributed by atoms with Gasteiger partial charge in [0.25, 0.3) is 0 Å². The van der Waals surface area contributed by atoms with E-state index in [-0.39, 0.29) is 5.60 Å². The molecular formula is C13H25NOS. The fourth-order valence-corrected chi connectivity index (χ4v) is 3.92. The van der Waals surface area contributed by atoms with Crippen molar-refractivity contribution in [1.29, 1.82) is 0 Å². The lowest BCUT2D eigenvalue weighted by molar-refractivity contribution is -0.0712. The van der Waals surface area contributed by atoms with Gasteiger partial charge in [-0.3, -0.25) is 0 Å². The molecule has 2 fully saturated rings. The van der Waals surface area contributed by atoms with E-state index >= 15 is 0 Å². The van der Waals surface area contributed by atoms with E-state index in [9.17, 15) is 0 Å². The molecule has 1 N–H and O–H groups in total. The summed E-state index contributed by atoms with van der Waals surface area (Å²) in [7, 11) is 1.87.